The number of nitro benzene ring substituents is 1. The van der Waals surface area contributed by atoms with E-state index in [1.165, 1.54) is 25.3 Å². The predicted octanol–water partition coefficient (Wildman–Crippen LogP) is 2.08. The van der Waals surface area contributed by atoms with Crippen LogP contribution in [0.25, 0.3) is 0 Å². The summed E-state index contributed by atoms with van der Waals surface area (Å²) in [6.07, 6.45) is 1.32. The number of carbonyl (C=O) groups excluding carboxylic acids is 2. The van der Waals surface area contributed by atoms with E-state index in [1.807, 2.05) is 0 Å². The lowest BCUT2D eigenvalue weighted by molar-refractivity contribution is -0.385. The van der Waals surface area contributed by atoms with E-state index in [9.17, 15) is 19.7 Å². The fourth-order valence-corrected chi connectivity index (χ4v) is 3.46. The lowest BCUT2D eigenvalue weighted by Gasteiger charge is -2.32. The van der Waals surface area contributed by atoms with Gasteiger partial charge in [-0.1, -0.05) is 18.2 Å². The maximum absolute atomic E-state index is 12.7. The fraction of sp³-hybridized carbons (Fsp3) is 0.368. The number of rotatable bonds is 6. The molecule has 9 nitrogen and oxygen atoms in total. The number of esters is 1. The number of benzene rings is 1. The second kappa shape index (κ2) is 8.22. The first kappa shape index (κ1) is 19.6. The second-order valence-corrected chi connectivity index (χ2v) is 6.37. The van der Waals surface area contributed by atoms with Crippen LogP contribution in [0.5, 0.6) is 0 Å². The Labute approximate surface area is 160 Å². The van der Waals surface area contributed by atoms with E-state index in [0.29, 0.717) is 18.6 Å². The van der Waals surface area contributed by atoms with Crippen molar-refractivity contribution in [1.82, 2.24) is 0 Å². The van der Waals surface area contributed by atoms with Crippen molar-refractivity contribution >= 4 is 17.4 Å². The summed E-state index contributed by atoms with van der Waals surface area (Å²) >= 11 is 0. The molecular formula is C19H20N2O7. The zero-order valence-corrected chi connectivity index (χ0v) is 15.3. The van der Waals surface area contributed by atoms with Crippen LogP contribution in [0.1, 0.15) is 30.7 Å². The lowest BCUT2D eigenvalue weighted by Crippen LogP contribution is -2.32. The van der Waals surface area contributed by atoms with Gasteiger partial charge in [-0.25, -0.2) is 4.79 Å². The van der Waals surface area contributed by atoms with Crippen LogP contribution < -0.4 is 5.73 Å². The number of Topliss-reactive ketones (excluding diaryl/α,β-unsaturated/α-hetero) is 1. The zero-order valence-electron chi connectivity index (χ0n) is 15.3. The van der Waals surface area contributed by atoms with Gasteiger partial charge in [0.25, 0.3) is 5.69 Å². The molecule has 1 heterocycles. The molecule has 2 aliphatic rings. The zero-order chi connectivity index (χ0) is 20.3. The van der Waals surface area contributed by atoms with Crippen LogP contribution in [0.3, 0.4) is 0 Å². The van der Waals surface area contributed by atoms with E-state index in [2.05, 4.69) is 0 Å². The number of methoxy groups -OCH3 is 1. The molecule has 3 rings (SSSR count). The number of nitro groups is 1. The number of allylic oxidation sites excluding steroid dienone is 2. The lowest BCUT2D eigenvalue weighted by atomic mass is 9.76. The number of para-hydroxylation sites is 1. The molecule has 0 saturated carbocycles. The van der Waals surface area contributed by atoms with Crippen molar-refractivity contribution in [3.63, 3.8) is 0 Å². The third kappa shape index (κ3) is 3.61. The van der Waals surface area contributed by atoms with Crippen LogP contribution in [0, 0.1) is 10.1 Å². The molecule has 148 valence electrons. The van der Waals surface area contributed by atoms with E-state index in [4.69, 9.17) is 19.9 Å². The molecule has 1 aromatic rings. The van der Waals surface area contributed by atoms with Gasteiger partial charge in [0.1, 0.15) is 17.9 Å². The smallest absolute Gasteiger partial charge is 0.340 e. The molecule has 2 N–H and O–H groups in total. The summed E-state index contributed by atoms with van der Waals surface area (Å²) < 4.78 is 15.6. The standard InChI is InChI=1S/C19H20N2O7/c1-26-9-10-27-19(23)17-15(11-5-2-3-6-12(11)21(24)25)16-13(22)7-4-8-14(16)28-18(17)20/h2-3,5-6,15H,4,7-10,20H2,1H3/t15-/m1/s1. The van der Waals surface area contributed by atoms with Crippen molar-refractivity contribution in [3.8, 4) is 0 Å². The van der Waals surface area contributed by atoms with Crippen molar-refractivity contribution < 1.29 is 28.7 Å². The summed E-state index contributed by atoms with van der Waals surface area (Å²) in [6.45, 7) is 0.137. The van der Waals surface area contributed by atoms with Crippen molar-refractivity contribution in [1.29, 1.82) is 0 Å². The quantitative estimate of drug-likeness (QED) is 0.339. The third-order valence-electron chi connectivity index (χ3n) is 4.67. The summed E-state index contributed by atoms with van der Waals surface area (Å²) in [6, 6.07) is 5.96. The highest BCUT2D eigenvalue weighted by Gasteiger charge is 2.43. The molecule has 28 heavy (non-hydrogen) atoms. The highest BCUT2D eigenvalue weighted by molar-refractivity contribution is 6.03. The molecule has 0 fully saturated rings. The first-order valence-corrected chi connectivity index (χ1v) is 8.78. The molecule has 0 unspecified atom stereocenters. The van der Waals surface area contributed by atoms with Crippen molar-refractivity contribution in [2.45, 2.75) is 25.2 Å². The molecule has 1 aliphatic heterocycles. The molecule has 0 radical (unpaired) electrons. The molecule has 1 atom stereocenters. The van der Waals surface area contributed by atoms with Gasteiger partial charge < -0.3 is 19.9 Å². The Morgan fingerprint density at radius 1 is 1.32 bits per heavy atom. The Hall–Kier alpha value is -3.20. The Morgan fingerprint density at radius 2 is 2.07 bits per heavy atom. The maximum atomic E-state index is 12.7. The molecular weight excluding hydrogens is 368 g/mol. The Bertz CT molecular complexity index is 888. The van der Waals surface area contributed by atoms with E-state index in [1.54, 1.807) is 6.07 Å². The van der Waals surface area contributed by atoms with Crippen LogP contribution in [-0.4, -0.2) is 37.0 Å². The fourth-order valence-electron chi connectivity index (χ4n) is 3.46. The van der Waals surface area contributed by atoms with Gasteiger partial charge in [-0.2, -0.15) is 0 Å². The highest BCUT2D eigenvalue weighted by atomic mass is 16.6. The molecule has 1 aliphatic carbocycles. The largest absolute Gasteiger partial charge is 0.460 e. The Balaban J connectivity index is 2.14. The van der Waals surface area contributed by atoms with Gasteiger partial charge in [0, 0.05) is 37.2 Å². The summed E-state index contributed by atoms with van der Waals surface area (Å²) in [4.78, 5) is 36.4. The van der Waals surface area contributed by atoms with Crippen molar-refractivity contribution in [2.75, 3.05) is 20.3 Å². The first-order chi connectivity index (χ1) is 13.5. The van der Waals surface area contributed by atoms with E-state index in [-0.39, 0.29) is 53.7 Å². The number of nitrogens with zero attached hydrogens (tertiary/aromatic N) is 1. The summed E-state index contributed by atoms with van der Waals surface area (Å²) in [5.41, 5.74) is 6.10. The highest BCUT2D eigenvalue weighted by Crippen LogP contribution is 2.46. The van der Waals surface area contributed by atoms with E-state index >= 15 is 0 Å². The number of ketones is 1. The van der Waals surface area contributed by atoms with Crippen LogP contribution in [0.4, 0.5) is 5.69 Å². The minimum absolute atomic E-state index is 0.0322. The van der Waals surface area contributed by atoms with E-state index in [0.717, 1.165) is 0 Å². The number of hydrogen-bond acceptors (Lipinski definition) is 8. The summed E-state index contributed by atoms with van der Waals surface area (Å²) in [5, 5.41) is 11.6. The summed E-state index contributed by atoms with van der Waals surface area (Å²) in [5.74, 6) is -1.90. The third-order valence-corrected chi connectivity index (χ3v) is 4.67. The van der Waals surface area contributed by atoms with Gasteiger partial charge in [-0.3, -0.25) is 14.9 Å². The van der Waals surface area contributed by atoms with Crippen LogP contribution in [0.15, 0.2) is 47.1 Å². The average Bonchev–Trinajstić information content (AvgIpc) is 2.67. The first-order valence-electron chi connectivity index (χ1n) is 8.78. The topological polar surface area (TPSA) is 131 Å². The number of carbonyl (C=O) groups is 2. The monoisotopic (exact) mass is 388 g/mol. The van der Waals surface area contributed by atoms with Crippen LogP contribution in [-0.2, 0) is 23.8 Å². The van der Waals surface area contributed by atoms with E-state index < -0.39 is 16.8 Å². The normalized spacial score (nSPS) is 19.2. The molecule has 0 bridgehead atoms. The van der Waals surface area contributed by atoms with Crippen LogP contribution >= 0.6 is 0 Å². The molecule has 0 saturated heterocycles. The van der Waals surface area contributed by atoms with Crippen LogP contribution in [0.2, 0.25) is 0 Å². The number of ether oxygens (including phenoxy) is 3. The van der Waals surface area contributed by atoms with Gasteiger partial charge in [0.2, 0.25) is 5.88 Å². The average molecular weight is 388 g/mol. The van der Waals surface area contributed by atoms with Gasteiger partial charge in [0.15, 0.2) is 5.78 Å². The molecule has 1 aromatic carbocycles. The Kier molecular flexibility index (Phi) is 5.74. The van der Waals surface area contributed by atoms with Gasteiger partial charge in [0.05, 0.1) is 17.4 Å². The SMILES string of the molecule is COCCOC(=O)C1=C(N)OC2=C(C(=O)CCC2)[C@H]1c1ccccc1[N+](=O)[O-]. The Morgan fingerprint density at radius 3 is 2.79 bits per heavy atom. The van der Waals surface area contributed by atoms with Crippen molar-refractivity contribution in [2.24, 2.45) is 5.73 Å². The minimum Gasteiger partial charge on any atom is -0.460 e. The molecule has 0 amide bonds. The molecule has 0 aromatic heterocycles. The van der Waals surface area contributed by atoms with Crippen molar-refractivity contribution in [3.05, 3.63) is 62.7 Å². The van der Waals surface area contributed by atoms with Gasteiger partial charge in [-0.05, 0) is 6.42 Å². The molecule has 9 heteroatoms. The summed E-state index contributed by atoms with van der Waals surface area (Å²) in [7, 11) is 1.46. The number of nitrogens with two attached hydrogens (primary N) is 1. The van der Waals surface area contributed by atoms with Gasteiger partial charge >= 0.3 is 5.97 Å². The predicted molar refractivity (Wildman–Crippen MR) is 96.9 cm³/mol. The second-order valence-electron chi connectivity index (χ2n) is 6.37. The van der Waals surface area contributed by atoms with Gasteiger partial charge in [-0.15, -0.1) is 0 Å². The maximum Gasteiger partial charge on any atom is 0.340 e. The molecule has 0 spiro atoms. The minimum atomic E-state index is -1.02. The number of hydrogen-bond donors (Lipinski definition) is 1.